The molecule has 0 saturated heterocycles. The fourth-order valence-electron chi connectivity index (χ4n) is 4.46. The van der Waals surface area contributed by atoms with Crippen molar-refractivity contribution in [2.75, 3.05) is 18.5 Å². The molecule has 0 spiro atoms. The number of allylic oxidation sites excluding steroid dienone is 2. The number of nitrogens with zero attached hydrogens (tertiary/aromatic N) is 3. The Labute approximate surface area is 189 Å². The van der Waals surface area contributed by atoms with Gasteiger partial charge in [0.25, 0.3) is 0 Å². The first-order valence-corrected chi connectivity index (χ1v) is 11.8. The van der Waals surface area contributed by atoms with Crippen LogP contribution in [0.15, 0.2) is 65.0 Å². The average molecular weight is 447 g/mol. The molecular weight excluding hydrogens is 424 g/mol. The van der Waals surface area contributed by atoms with E-state index in [0.29, 0.717) is 36.5 Å². The summed E-state index contributed by atoms with van der Waals surface area (Å²) < 4.78 is 13.3. The number of anilines is 1. The molecule has 3 aliphatic rings. The predicted molar refractivity (Wildman–Crippen MR) is 121 cm³/mol. The first-order valence-electron chi connectivity index (χ1n) is 10.8. The molecule has 6 rings (SSSR count). The van der Waals surface area contributed by atoms with Crippen molar-refractivity contribution in [1.29, 1.82) is 0 Å². The third kappa shape index (κ3) is 3.44. The summed E-state index contributed by atoms with van der Waals surface area (Å²) in [6, 6.07) is 15.8. The van der Waals surface area contributed by atoms with Gasteiger partial charge < -0.3 is 14.8 Å². The zero-order chi connectivity index (χ0) is 21.5. The first-order chi connectivity index (χ1) is 15.8. The van der Waals surface area contributed by atoms with E-state index in [1.54, 1.807) is 11.8 Å². The average Bonchev–Trinajstić information content (AvgIpc) is 3.24. The van der Waals surface area contributed by atoms with Crippen LogP contribution < -0.4 is 14.8 Å². The molecule has 0 fully saturated rings. The van der Waals surface area contributed by atoms with E-state index in [9.17, 15) is 4.79 Å². The molecule has 2 aromatic carbocycles. The highest BCUT2D eigenvalue weighted by molar-refractivity contribution is 7.98. The van der Waals surface area contributed by atoms with Crippen LogP contribution in [0.4, 0.5) is 5.95 Å². The van der Waals surface area contributed by atoms with Gasteiger partial charge in [0.1, 0.15) is 19.3 Å². The van der Waals surface area contributed by atoms with E-state index < -0.39 is 0 Å². The van der Waals surface area contributed by atoms with Gasteiger partial charge in [-0.25, -0.2) is 4.68 Å². The van der Waals surface area contributed by atoms with Crippen LogP contribution in [0.5, 0.6) is 11.5 Å². The van der Waals surface area contributed by atoms with Gasteiger partial charge in [0.05, 0.1) is 0 Å². The van der Waals surface area contributed by atoms with Gasteiger partial charge >= 0.3 is 0 Å². The lowest BCUT2D eigenvalue weighted by Gasteiger charge is -2.32. The van der Waals surface area contributed by atoms with Gasteiger partial charge in [-0.1, -0.05) is 48.2 Å². The number of aromatic nitrogens is 3. The second-order valence-corrected chi connectivity index (χ2v) is 8.98. The number of rotatable bonds is 4. The maximum atomic E-state index is 13.0. The van der Waals surface area contributed by atoms with Crippen LogP contribution in [0.1, 0.15) is 36.4 Å². The number of fused-ring (bicyclic) bond motifs is 2. The minimum absolute atomic E-state index is 0.165. The van der Waals surface area contributed by atoms with Crippen molar-refractivity contribution in [3.8, 4) is 11.5 Å². The molecule has 3 heterocycles. The largest absolute Gasteiger partial charge is 0.486 e. The quantitative estimate of drug-likeness (QED) is 0.597. The van der Waals surface area contributed by atoms with E-state index in [1.807, 2.05) is 41.1 Å². The van der Waals surface area contributed by atoms with Crippen molar-refractivity contribution in [2.45, 2.75) is 36.2 Å². The number of nitrogens with one attached hydrogen (secondary N) is 1. The Morgan fingerprint density at radius 2 is 1.91 bits per heavy atom. The summed E-state index contributed by atoms with van der Waals surface area (Å²) in [4.78, 5) is 17.8. The standard InChI is InChI=1S/C24H22N4O3S/c29-18-8-4-7-17-21(18)22(16-9-10-19-20(13-16)31-12-11-30-19)28-23(25-17)26-24(27-28)32-14-15-5-2-1-3-6-15/h1-3,5-6,9-10,13,22H,4,7-8,11-12,14H2,(H,25,26,27). The fourth-order valence-corrected chi connectivity index (χ4v) is 5.24. The van der Waals surface area contributed by atoms with E-state index in [1.165, 1.54) is 5.56 Å². The highest BCUT2D eigenvalue weighted by atomic mass is 32.2. The molecule has 0 amide bonds. The molecule has 1 aliphatic carbocycles. The lowest BCUT2D eigenvalue weighted by atomic mass is 9.85. The Morgan fingerprint density at radius 1 is 1.06 bits per heavy atom. The van der Waals surface area contributed by atoms with Crippen molar-refractivity contribution >= 4 is 23.5 Å². The molecule has 2 aliphatic heterocycles. The van der Waals surface area contributed by atoms with Crippen molar-refractivity contribution in [3.63, 3.8) is 0 Å². The van der Waals surface area contributed by atoms with E-state index in [-0.39, 0.29) is 11.8 Å². The molecule has 1 unspecified atom stereocenters. The van der Waals surface area contributed by atoms with Gasteiger partial charge in [0.15, 0.2) is 17.3 Å². The molecular formula is C24H22N4O3S. The molecule has 0 saturated carbocycles. The topological polar surface area (TPSA) is 78.3 Å². The van der Waals surface area contributed by atoms with Crippen molar-refractivity contribution in [1.82, 2.24) is 14.8 Å². The summed E-state index contributed by atoms with van der Waals surface area (Å²) >= 11 is 1.59. The smallest absolute Gasteiger partial charge is 0.227 e. The number of carbonyl (C=O) groups is 1. The summed E-state index contributed by atoms with van der Waals surface area (Å²) in [5.41, 5.74) is 3.91. The molecule has 8 heteroatoms. The minimum atomic E-state index is -0.330. The maximum absolute atomic E-state index is 13.0. The third-order valence-electron chi connectivity index (χ3n) is 5.94. The van der Waals surface area contributed by atoms with Gasteiger partial charge in [-0.05, 0) is 36.1 Å². The molecule has 0 radical (unpaired) electrons. The maximum Gasteiger partial charge on any atom is 0.227 e. The third-order valence-corrected chi connectivity index (χ3v) is 6.85. The van der Waals surface area contributed by atoms with Crippen LogP contribution in [-0.2, 0) is 10.5 Å². The number of hydrogen-bond acceptors (Lipinski definition) is 7. The Morgan fingerprint density at radius 3 is 2.78 bits per heavy atom. The van der Waals surface area contributed by atoms with Crippen molar-refractivity contribution < 1.29 is 14.3 Å². The summed E-state index contributed by atoms with van der Waals surface area (Å²) in [5, 5.41) is 8.88. The molecule has 32 heavy (non-hydrogen) atoms. The number of carbonyl (C=O) groups excluding carboxylic acids is 1. The second kappa shape index (κ2) is 8.02. The van der Waals surface area contributed by atoms with E-state index >= 15 is 0 Å². The van der Waals surface area contributed by atoms with Gasteiger partial charge in [0, 0.05) is 23.4 Å². The van der Waals surface area contributed by atoms with Crippen LogP contribution in [0.25, 0.3) is 0 Å². The molecule has 1 aromatic heterocycles. The number of hydrogen-bond donors (Lipinski definition) is 1. The van der Waals surface area contributed by atoms with Crippen LogP contribution in [-0.4, -0.2) is 33.8 Å². The van der Waals surface area contributed by atoms with E-state index in [0.717, 1.165) is 41.2 Å². The number of benzene rings is 2. The minimum Gasteiger partial charge on any atom is -0.486 e. The lowest BCUT2D eigenvalue weighted by molar-refractivity contribution is -0.116. The van der Waals surface area contributed by atoms with Crippen LogP contribution >= 0.6 is 11.8 Å². The van der Waals surface area contributed by atoms with Crippen LogP contribution in [0.2, 0.25) is 0 Å². The Hall–Kier alpha value is -3.26. The van der Waals surface area contributed by atoms with Gasteiger partial charge in [-0.15, -0.1) is 5.10 Å². The lowest BCUT2D eigenvalue weighted by Crippen LogP contribution is -2.31. The molecule has 162 valence electrons. The summed E-state index contributed by atoms with van der Waals surface area (Å²) in [6.07, 6.45) is 2.24. The Kier molecular flexibility index (Phi) is 4.87. The number of ketones is 1. The second-order valence-electron chi connectivity index (χ2n) is 8.04. The molecule has 3 aromatic rings. The van der Waals surface area contributed by atoms with E-state index in [4.69, 9.17) is 19.6 Å². The first kappa shape index (κ1) is 19.4. The highest BCUT2D eigenvalue weighted by Gasteiger charge is 2.37. The van der Waals surface area contributed by atoms with Gasteiger partial charge in [-0.3, -0.25) is 4.79 Å². The van der Waals surface area contributed by atoms with Crippen LogP contribution in [0, 0.1) is 0 Å². The van der Waals surface area contributed by atoms with Gasteiger partial charge in [-0.2, -0.15) is 4.98 Å². The zero-order valence-corrected chi connectivity index (χ0v) is 18.2. The molecule has 0 bridgehead atoms. The molecule has 7 nitrogen and oxygen atoms in total. The normalized spacial score (nSPS) is 19.2. The SMILES string of the molecule is O=C1CCCC2=C1C(c1ccc3c(c1)OCCO3)n1nc(SCc3ccccc3)nc1N2. The highest BCUT2D eigenvalue weighted by Crippen LogP contribution is 2.43. The van der Waals surface area contributed by atoms with E-state index in [2.05, 4.69) is 17.4 Å². The Bertz CT molecular complexity index is 1220. The number of thioether (sulfide) groups is 1. The van der Waals surface area contributed by atoms with Crippen molar-refractivity contribution in [2.24, 2.45) is 0 Å². The molecule has 1 N–H and O–H groups in total. The zero-order valence-electron chi connectivity index (χ0n) is 17.4. The molecule has 1 atom stereocenters. The summed E-state index contributed by atoms with van der Waals surface area (Å²) in [7, 11) is 0. The fraction of sp³-hybridized carbons (Fsp3) is 0.292. The summed E-state index contributed by atoms with van der Waals surface area (Å²) in [5.74, 6) is 3.06. The van der Waals surface area contributed by atoms with Gasteiger partial charge in [0.2, 0.25) is 11.1 Å². The Balaban J connectivity index is 1.39. The summed E-state index contributed by atoms with van der Waals surface area (Å²) in [6.45, 7) is 1.06. The van der Waals surface area contributed by atoms with Crippen LogP contribution in [0.3, 0.4) is 0 Å². The monoisotopic (exact) mass is 446 g/mol. The predicted octanol–water partition coefficient (Wildman–Crippen LogP) is 4.36. The number of Topliss-reactive ketones (excluding diaryl/α,β-unsaturated/α-hetero) is 1. The van der Waals surface area contributed by atoms with Crippen molar-refractivity contribution in [3.05, 3.63) is 70.9 Å². The number of ether oxygens (including phenoxy) is 2.